The summed E-state index contributed by atoms with van der Waals surface area (Å²) in [5, 5.41) is 31.8. The molecule has 2 aromatic heterocycles. The molecule has 2 aliphatic heterocycles. The van der Waals surface area contributed by atoms with E-state index in [1.54, 1.807) is 65.0 Å². The van der Waals surface area contributed by atoms with Crippen molar-refractivity contribution < 1.29 is 81.0 Å². The number of rotatable bonds is 36. The van der Waals surface area contributed by atoms with Crippen LogP contribution in [0.5, 0.6) is 0 Å². The lowest BCUT2D eigenvalue weighted by molar-refractivity contribution is -0.168. The van der Waals surface area contributed by atoms with Crippen LogP contribution < -0.4 is 48.5 Å². The fraction of sp³-hybridized carbons (Fsp3) is 0.526. The van der Waals surface area contributed by atoms with E-state index in [1.807, 2.05) is 30.3 Å². The number of amides is 8. The molecule has 28 heteroatoms. The summed E-state index contributed by atoms with van der Waals surface area (Å²) in [5.74, 6) is -4.88. The number of cyclic esters (lactones) is 1. The lowest BCUT2D eigenvalue weighted by Crippen LogP contribution is -2.54. The molecule has 0 saturated heterocycles. The number of nitrogens with one attached hydrogen (secondary N) is 7. The Morgan fingerprint density at radius 1 is 0.769 bits per heavy atom. The SMILES string of the molecule is CC[C@@]1(O)C(=O)OCc2c(cc3n(c2=O)Cc2c-3nc3cc(F)c(C)c4c3c2[C@@H](NC(=O)[C@H](Cc2ccccc2)NC(=O)OCc2ccc(NC(=O)[C@H](CCCNC(N)=O)NC(=O)[C@@H](NC(=O)CCOCCOCCOCCOCCNC(=O)COC3/C=C(/C)CCCCC3)C(C)C)cc2)CC4)[C@@H]1C. The number of hydrogen-bond donors (Lipinski definition) is 9. The zero-order valence-corrected chi connectivity index (χ0v) is 60.2. The van der Waals surface area contributed by atoms with E-state index in [4.69, 9.17) is 43.9 Å². The predicted octanol–water partition coefficient (Wildman–Crippen LogP) is 6.70. The number of anilines is 1. The maximum Gasteiger partial charge on any atom is 0.408 e. The number of alkyl carbamates (subject to hydrolysis) is 1. The molecule has 4 aliphatic rings. The minimum Gasteiger partial charge on any atom is -0.458 e. The standard InChI is InChI=1S/C76H99FN10O17/c1-7-76(97)48(6)54-39-62-68-55(41-87(62)72(93)56(54)43-103-73(76)94)66-58(25-24-53-47(5)57(77)40-60(82-68)65(53)66)83-70(91)61(38-49-16-11-9-12-17-49)85-75(96)104-42-50-20-22-51(23-21-50)81-69(90)59(19-14-27-80-74(78)95)84-71(92)67(45(2)3)86-63(88)26-29-98-31-33-100-35-36-101-34-32-99-30-28-79-64(89)44-102-52-18-13-8-10-15-46(4)37-52/h9,11-12,16-17,20-23,37,39-40,45,48,52,58-59,61,67,97H,7-8,10,13-15,18-19,24-36,38,41-44H2,1-6H3,(H,79,89)(H,81,90)(H,83,91)(H,84,92)(H,85,96)(H,86,88)(H3,78,80,95)/b46-37-/t48-,52?,58-,59-,61-,67-,76-/m0/s1. The lowest BCUT2D eigenvalue weighted by atomic mass is 9.80. The Morgan fingerprint density at radius 3 is 2.18 bits per heavy atom. The summed E-state index contributed by atoms with van der Waals surface area (Å²) in [5.41, 5.74) is 10.1. The van der Waals surface area contributed by atoms with Crippen LogP contribution in [-0.4, -0.2) is 165 Å². The molecule has 10 N–H and O–H groups in total. The van der Waals surface area contributed by atoms with E-state index in [0.717, 1.165) is 30.4 Å². The van der Waals surface area contributed by atoms with Crippen LogP contribution in [0.25, 0.3) is 22.3 Å². The summed E-state index contributed by atoms with van der Waals surface area (Å²) in [6.45, 7) is 12.8. The third-order valence-electron chi connectivity index (χ3n) is 19.5. The number of urea groups is 1. The van der Waals surface area contributed by atoms with Gasteiger partial charge in [-0.05, 0) is 123 Å². The number of aryl methyl sites for hydroxylation is 1. The number of halogens is 1. The molecule has 0 saturated carbocycles. The molecule has 8 amide bonds. The Labute approximate surface area is 604 Å². The van der Waals surface area contributed by atoms with Crippen LogP contribution in [-0.2, 0) is 94.5 Å². The van der Waals surface area contributed by atoms with Crippen LogP contribution in [0.3, 0.4) is 0 Å². The van der Waals surface area contributed by atoms with Crippen LogP contribution in [0.4, 0.5) is 19.7 Å². The number of nitrogens with two attached hydrogens (primary N) is 1. The van der Waals surface area contributed by atoms with Gasteiger partial charge in [-0.25, -0.2) is 23.8 Å². The highest BCUT2D eigenvalue weighted by atomic mass is 19.1. The Bertz CT molecular complexity index is 3960. The van der Waals surface area contributed by atoms with Crippen molar-refractivity contribution in [2.24, 2.45) is 11.7 Å². The largest absolute Gasteiger partial charge is 0.458 e. The minimum absolute atomic E-state index is 0.0110. The number of allylic oxidation sites excluding steroid dienone is 1. The molecule has 3 aromatic carbocycles. The number of aliphatic hydroxyl groups is 1. The van der Waals surface area contributed by atoms with Crippen LogP contribution in [0.1, 0.15) is 155 Å². The number of pyridine rings is 2. The molecule has 0 bridgehead atoms. The third kappa shape index (κ3) is 21.0. The van der Waals surface area contributed by atoms with Gasteiger partial charge in [0, 0.05) is 54.6 Å². The van der Waals surface area contributed by atoms with Gasteiger partial charge in [0.05, 0.1) is 94.0 Å². The molecule has 562 valence electrons. The summed E-state index contributed by atoms with van der Waals surface area (Å²) in [6.07, 6.45) is 7.73. The lowest BCUT2D eigenvalue weighted by Gasteiger charge is -2.31. The van der Waals surface area contributed by atoms with E-state index in [-0.39, 0.29) is 102 Å². The number of carbonyl (C=O) groups is 8. The van der Waals surface area contributed by atoms with Crippen molar-refractivity contribution in [1.29, 1.82) is 0 Å². The molecule has 4 heterocycles. The van der Waals surface area contributed by atoms with Gasteiger partial charge in [-0.1, -0.05) is 94.7 Å². The van der Waals surface area contributed by atoms with E-state index in [1.165, 1.54) is 29.0 Å². The fourth-order valence-electron chi connectivity index (χ4n) is 13.6. The number of ether oxygens (including phenoxy) is 7. The zero-order chi connectivity index (χ0) is 74.5. The molecular formula is C76H99FN10O17. The Kier molecular flexibility index (Phi) is 28.8. The van der Waals surface area contributed by atoms with Gasteiger partial charge in [0.1, 0.15) is 43.8 Å². The highest BCUT2D eigenvalue weighted by molar-refractivity contribution is 5.99. The third-order valence-corrected chi connectivity index (χ3v) is 19.5. The van der Waals surface area contributed by atoms with Crippen LogP contribution in [0.2, 0.25) is 0 Å². The van der Waals surface area contributed by atoms with Crippen molar-refractivity contribution in [2.45, 2.75) is 180 Å². The van der Waals surface area contributed by atoms with Gasteiger partial charge in [0.15, 0.2) is 5.60 Å². The average molecular weight is 1440 g/mol. The number of nitrogens with zero attached hydrogens (tertiary/aromatic N) is 2. The van der Waals surface area contributed by atoms with Gasteiger partial charge >= 0.3 is 18.1 Å². The minimum atomic E-state index is -1.89. The molecule has 5 aromatic rings. The maximum absolute atomic E-state index is 15.8. The van der Waals surface area contributed by atoms with Crippen LogP contribution in [0, 0.1) is 18.7 Å². The Balaban J connectivity index is 0.733. The summed E-state index contributed by atoms with van der Waals surface area (Å²) < 4.78 is 56.6. The van der Waals surface area contributed by atoms with E-state index in [9.17, 15) is 48.3 Å². The van der Waals surface area contributed by atoms with Gasteiger partial charge in [-0.3, -0.25) is 28.8 Å². The van der Waals surface area contributed by atoms with Gasteiger partial charge in [0.25, 0.3) is 5.56 Å². The van der Waals surface area contributed by atoms with E-state index < -0.39 is 94.7 Å². The van der Waals surface area contributed by atoms with Crippen molar-refractivity contribution in [2.75, 3.05) is 77.9 Å². The van der Waals surface area contributed by atoms with Gasteiger partial charge in [-0.15, -0.1) is 0 Å². The summed E-state index contributed by atoms with van der Waals surface area (Å²) in [6, 6.07) is 13.8. The molecule has 2 aliphatic carbocycles. The second kappa shape index (κ2) is 38.0. The van der Waals surface area contributed by atoms with Gasteiger partial charge < -0.3 is 85.8 Å². The van der Waals surface area contributed by atoms with Crippen molar-refractivity contribution >= 4 is 64.2 Å². The van der Waals surface area contributed by atoms with Gasteiger partial charge in [0.2, 0.25) is 29.5 Å². The highest BCUT2D eigenvalue weighted by Gasteiger charge is 2.47. The van der Waals surface area contributed by atoms with Crippen LogP contribution in [0.15, 0.2) is 83.2 Å². The molecule has 0 radical (unpaired) electrons. The van der Waals surface area contributed by atoms with Crippen molar-refractivity contribution in [1.82, 2.24) is 41.5 Å². The molecule has 9 rings (SSSR count). The number of fused-ring (bicyclic) bond motifs is 5. The van der Waals surface area contributed by atoms with Crippen molar-refractivity contribution in [3.63, 3.8) is 0 Å². The molecule has 0 spiro atoms. The fourth-order valence-corrected chi connectivity index (χ4v) is 13.6. The predicted molar refractivity (Wildman–Crippen MR) is 383 cm³/mol. The molecule has 104 heavy (non-hydrogen) atoms. The second-order valence-electron chi connectivity index (χ2n) is 27.2. The summed E-state index contributed by atoms with van der Waals surface area (Å²) in [4.78, 5) is 126. The number of esters is 1. The first-order valence-electron chi connectivity index (χ1n) is 36.0. The molecule has 7 atom stereocenters. The van der Waals surface area contributed by atoms with E-state index in [2.05, 4.69) is 50.2 Å². The number of aromatic nitrogens is 2. The smallest absolute Gasteiger partial charge is 0.408 e. The average Bonchev–Trinajstić information content (AvgIpc) is 1.49. The van der Waals surface area contributed by atoms with E-state index >= 15 is 4.39 Å². The quantitative estimate of drug-likeness (QED) is 0.0112. The molecule has 27 nitrogen and oxygen atoms in total. The summed E-state index contributed by atoms with van der Waals surface area (Å²) >= 11 is 0. The molecular weight excluding hydrogens is 1340 g/mol. The number of hydrogen-bond acceptors (Lipinski definition) is 18. The molecule has 0 fully saturated rings. The molecule has 1 unspecified atom stereocenters. The van der Waals surface area contributed by atoms with Crippen LogP contribution >= 0.6 is 0 Å². The Hall–Kier alpha value is -9.19. The van der Waals surface area contributed by atoms with Crippen molar-refractivity contribution in [3.8, 4) is 11.4 Å². The monoisotopic (exact) mass is 1440 g/mol. The first-order valence-corrected chi connectivity index (χ1v) is 36.0. The van der Waals surface area contributed by atoms with Crippen molar-refractivity contribution in [3.05, 3.63) is 139 Å². The number of benzene rings is 3. The van der Waals surface area contributed by atoms with E-state index in [0.29, 0.717) is 108 Å². The Morgan fingerprint density at radius 2 is 1.48 bits per heavy atom. The first-order chi connectivity index (χ1) is 50.0. The maximum atomic E-state index is 15.8. The first kappa shape index (κ1) is 78.9. The number of primary amides is 1. The topological polar surface area (TPSA) is 367 Å². The normalized spacial score (nSPS) is 18.8. The number of carbonyl (C=O) groups excluding carboxylic acids is 8. The zero-order valence-electron chi connectivity index (χ0n) is 60.2. The summed E-state index contributed by atoms with van der Waals surface area (Å²) in [7, 11) is 0. The van der Waals surface area contributed by atoms with Gasteiger partial charge in [-0.2, -0.15) is 0 Å². The second-order valence-corrected chi connectivity index (χ2v) is 27.2. The highest BCUT2D eigenvalue weighted by Crippen LogP contribution is 2.46.